The van der Waals surface area contributed by atoms with Crippen molar-refractivity contribution in [2.24, 2.45) is 5.73 Å². The summed E-state index contributed by atoms with van der Waals surface area (Å²) in [4.78, 5) is 38.9. The van der Waals surface area contributed by atoms with Gasteiger partial charge in [0.15, 0.2) is 0 Å². The lowest BCUT2D eigenvalue weighted by molar-refractivity contribution is -0.140. The molecule has 0 aliphatic carbocycles. The van der Waals surface area contributed by atoms with E-state index in [9.17, 15) is 14.7 Å². The number of nitrogens with two attached hydrogens (primary N) is 1. The predicted octanol–water partition coefficient (Wildman–Crippen LogP) is 5.12. The number of ether oxygens (including phenoxy) is 1. The summed E-state index contributed by atoms with van der Waals surface area (Å²) in [5.41, 5.74) is 13.6. The van der Waals surface area contributed by atoms with Crippen molar-refractivity contribution in [1.29, 1.82) is 0 Å². The molecule has 4 N–H and O–H groups in total. The van der Waals surface area contributed by atoms with Crippen LogP contribution in [-0.2, 0) is 34.0 Å². The molecule has 1 amide bonds. The first-order valence-electron chi connectivity index (χ1n) is 17.4. The second-order valence-electron chi connectivity index (χ2n) is 12.6. The number of carbonyl (C=O) groups excluding carboxylic acids is 2. The van der Waals surface area contributed by atoms with Crippen LogP contribution in [0.1, 0.15) is 36.9 Å². The third-order valence-corrected chi connectivity index (χ3v) is 8.98. The molecule has 0 fully saturated rings. The van der Waals surface area contributed by atoms with E-state index < -0.39 is 0 Å². The number of rotatable bonds is 18. The summed E-state index contributed by atoms with van der Waals surface area (Å²) in [7, 11) is 0. The lowest BCUT2D eigenvalue weighted by Crippen LogP contribution is -2.30. The Kier molecular flexibility index (Phi) is 12.0. The molecule has 52 heavy (non-hydrogen) atoms. The number of primary amides is 1. The van der Waals surface area contributed by atoms with E-state index >= 15 is 0 Å². The van der Waals surface area contributed by atoms with Crippen molar-refractivity contribution < 1.29 is 19.4 Å². The zero-order valence-corrected chi connectivity index (χ0v) is 29.3. The first-order valence-corrected chi connectivity index (χ1v) is 17.4. The maximum atomic E-state index is 12.2. The third kappa shape index (κ3) is 9.27. The summed E-state index contributed by atoms with van der Waals surface area (Å²) in [6, 6.07) is 26.2. The van der Waals surface area contributed by atoms with Crippen LogP contribution >= 0.6 is 0 Å². The number of anilines is 1. The fourth-order valence-corrected chi connectivity index (χ4v) is 6.36. The number of aliphatic hydroxyl groups is 1. The van der Waals surface area contributed by atoms with E-state index in [1.807, 2.05) is 66.0 Å². The molecule has 0 saturated carbocycles. The van der Waals surface area contributed by atoms with Gasteiger partial charge in [0.25, 0.3) is 0 Å². The highest BCUT2D eigenvalue weighted by molar-refractivity contribution is 5.82. The predicted molar refractivity (Wildman–Crippen MR) is 201 cm³/mol. The number of benzene rings is 3. The average molecular weight is 701 g/mol. The van der Waals surface area contributed by atoms with Crippen molar-refractivity contribution in [3.05, 3.63) is 121 Å². The van der Waals surface area contributed by atoms with Gasteiger partial charge in [-0.05, 0) is 77.2 Å². The number of aliphatic hydroxyl groups excluding tert-OH is 1. The molecule has 12 heteroatoms. The number of pyridine rings is 1. The van der Waals surface area contributed by atoms with Gasteiger partial charge in [-0.15, -0.1) is 0 Å². The number of aryl methyl sites for hydroxylation is 2. The maximum Gasteiger partial charge on any atom is 0.302 e. The van der Waals surface area contributed by atoms with Crippen LogP contribution < -0.4 is 16.0 Å². The molecule has 3 aromatic carbocycles. The van der Waals surface area contributed by atoms with Crippen LogP contribution in [0.5, 0.6) is 0 Å². The Morgan fingerprint density at radius 1 is 0.904 bits per heavy atom. The van der Waals surface area contributed by atoms with Crippen LogP contribution in [0, 0.1) is 0 Å². The van der Waals surface area contributed by atoms with Crippen molar-refractivity contribution in [3.63, 3.8) is 0 Å². The third-order valence-electron chi connectivity index (χ3n) is 8.98. The fraction of sp³-hybridized carbons (Fsp3) is 0.275. The zero-order valence-electron chi connectivity index (χ0n) is 29.3. The topological polar surface area (TPSA) is 153 Å². The molecule has 1 unspecified atom stereocenters. The van der Waals surface area contributed by atoms with Gasteiger partial charge in [0.2, 0.25) is 5.91 Å². The summed E-state index contributed by atoms with van der Waals surface area (Å²) in [6.45, 7) is 4.55. The van der Waals surface area contributed by atoms with Crippen molar-refractivity contribution >= 4 is 28.6 Å². The molecule has 6 rings (SSSR count). The molecular weight excluding hydrogens is 656 g/mol. The number of fused-ring (bicyclic) bond motifs is 1. The monoisotopic (exact) mass is 700 g/mol. The molecule has 3 aromatic heterocycles. The van der Waals surface area contributed by atoms with Crippen molar-refractivity contribution in [3.8, 4) is 22.5 Å². The van der Waals surface area contributed by atoms with Crippen molar-refractivity contribution in [1.82, 2.24) is 29.4 Å². The van der Waals surface area contributed by atoms with Crippen LogP contribution in [0.3, 0.4) is 0 Å². The molecule has 6 aromatic rings. The molecule has 0 spiro atoms. The Morgan fingerprint density at radius 2 is 1.65 bits per heavy atom. The second-order valence-corrected chi connectivity index (χ2v) is 12.6. The standard InChI is InChI=1S/C40H44N8O4/c1-29(50)52-24-22-47(21-23-49)35-10-7-33(8-11-35)40-45-37-25-34(9-12-38(37)48(40)19-2-18-46-20-17-43-28-46)36(26-39(41)51)44-27-30-3-5-31(6-4-30)32-13-15-42-16-14-32/h3-17,20,25,28,36,44,49H,2,18-19,21-24,26-27H2,1H3,(H2,41,51). The Labute approximate surface area is 302 Å². The summed E-state index contributed by atoms with van der Waals surface area (Å²) in [5.74, 6) is 0.101. The van der Waals surface area contributed by atoms with Crippen molar-refractivity contribution in [2.75, 3.05) is 31.2 Å². The summed E-state index contributed by atoms with van der Waals surface area (Å²) in [6.07, 6.45) is 10.1. The number of aromatic nitrogens is 5. The molecule has 268 valence electrons. The molecule has 3 heterocycles. The first kappa shape index (κ1) is 36.0. The van der Waals surface area contributed by atoms with Gasteiger partial charge in [-0.3, -0.25) is 14.6 Å². The summed E-state index contributed by atoms with van der Waals surface area (Å²) in [5, 5.41) is 13.2. The number of hydrogen-bond donors (Lipinski definition) is 3. The number of nitrogens with zero attached hydrogens (tertiary/aromatic N) is 6. The number of amides is 1. The van der Waals surface area contributed by atoms with Gasteiger partial charge in [-0.2, -0.15) is 0 Å². The Bertz CT molecular complexity index is 2050. The highest BCUT2D eigenvalue weighted by atomic mass is 16.5. The van der Waals surface area contributed by atoms with Gasteiger partial charge in [0.1, 0.15) is 12.4 Å². The van der Waals surface area contributed by atoms with Crippen LogP contribution in [0.15, 0.2) is 110 Å². The summed E-state index contributed by atoms with van der Waals surface area (Å²) < 4.78 is 9.43. The Hall–Kier alpha value is -5.85. The number of carbonyl (C=O) groups is 2. The molecule has 0 aliphatic rings. The number of hydrogen-bond acceptors (Lipinski definition) is 9. The first-order chi connectivity index (χ1) is 25.4. The lowest BCUT2D eigenvalue weighted by atomic mass is 10.0. The van der Waals surface area contributed by atoms with Crippen LogP contribution in [0.4, 0.5) is 5.69 Å². The quantitative estimate of drug-likeness (QED) is 0.104. The molecule has 0 aliphatic heterocycles. The van der Waals surface area contributed by atoms with Gasteiger partial charge < -0.3 is 34.9 Å². The van der Waals surface area contributed by atoms with E-state index in [2.05, 4.69) is 54.8 Å². The highest BCUT2D eigenvalue weighted by Crippen LogP contribution is 2.30. The minimum absolute atomic E-state index is 0.0267. The van der Waals surface area contributed by atoms with E-state index in [4.69, 9.17) is 15.5 Å². The van der Waals surface area contributed by atoms with E-state index in [1.165, 1.54) is 6.92 Å². The normalized spacial score (nSPS) is 11.8. The minimum atomic E-state index is -0.389. The Balaban J connectivity index is 1.26. The van der Waals surface area contributed by atoms with Gasteiger partial charge in [-0.1, -0.05) is 30.3 Å². The molecule has 0 bridgehead atoms. The minimum Gasteiger partial charge on any atom is -0.464 e. The summed E-state index contributed by atoms with van der Waals surface area (Å²) >= 11 is 0. The molecule has 1 atom stereocenters. The van der Waals surface area contributed by atoms with Gasteiger partial charge in [0, 0.05) is 81.6 Å². The van der Waals surface area contributed by atoms with Crippen LogP contribution in [-0.4, -0.2) is 67.4 Å². The fourth-order valence-electron chi connectivity index (χ4n) is 6.36. The van der Waals surface area contributed by atoms with Gasteiger partial charge >= 0.3 is 5.97 Å². The maximum absolute atomic E-state index is 12.2. The van der Waals surface area contributed by atoms with E-state index in [-0.39, 0.29) is 37.6 Å². The van der Waals surface area contributed by atoms with E-state index in [1.54, 1.807) is 18.6 Å². The van der Waals surface area contributed by atoms with Crippen LogP contribution in [0.2, 0.25) is 0 Å². The van der Waals surface area contributed by atoms with E-state index in [0.717, 1.165) is 69.9 Å². The number of imidazole rings is 2. The molecule has 0 radical (unpaired) electrons. The molecule has 0 saturated heterocycles. The largest absolute Gasteiger partial charge is 0.464 e. The lowest BCUT2D eigenvalue weighted by Gasteiger charge is -2.24. The SMILES string of the molecule is CC(=O)OCCN(CCO)c1ccc(-c2nc3cc(C(CC(N)=O)NCc4ccc(-c5ccncc5)cc4)ccc3n2CCCn2ccnc2)cc1. The Morgan fingerprint density at radius 3 is 2.35 bits per heavy atom. The highest BCUT2D eigenvalue weighted by Gasteiger charge is 2.19. The number of esters is 1. The van der Waals surface area contributed by atoms with Crippen LogP contribution in [0.25, 0.3) is 33.5 Å². The zero-order chi connectivity index (χ0) is 36.3. The average Bonchev–Trinajstić information content (AvgIpc) is 3.81. The molecular formula is C40H44N8O4. The van der Waals surface area contributed by atoms with E-state index in [0.29, 0.717) is 19.6 Å². The van der Waals surface area contributed by atoms with Gasteiger partial charge in [0.05, 0.1) is 30.5 Å². The smallest absolute Gasteiger partial charge is 0.302 e. The molecule has 12 nitrogen and oxygen atoms in total. The number of nitrogens with one attached hydrogen (secondary N) is 1. The van der Waals surface area contributed by atoms with Crippen molar-refractivity contribution in [2.45, 2.75) is 45.4 Å². The second kappa shape index (κ2) is 17.4. The van der Waals surface area contributed by atoms with Gasteiger partial charge in [-0.25, -0.2) is 9.97 Å².